The van der Waals surface area contributed by atoms with Gasteiger partial charge in [0.05, 0.1) is 45.1 Å². The third kappa shape index (κ3) is 11.6. The second-order valence-electron chi connectivity index (χ2n) is 9.44. The highest BCUT2D eigenvalue weighted by molar-refractivity contribution is 6.74. The van der Waals surface area contributed by atoms with Gasteiger partial charge in [-0.1, -0.05) is 32.9 Å². The van der Waals surface area contributed by atoms with Crippen LogP contribution in [0.3, 0.4) is 0 Å². The third-order valence-corrected chi connectivity index (χ3v) is 10.1. The number of hydrogen-bond acceptors (Lipinski definition) is 8. The molecule has 1 aromatic rings. The van der Waals surface area contributed by atoms with Gasteiger partial charge >= 0.3 is 5.97 Å². The molecule has 1 amide bonds. The molecule has 0 aliphatic heterocycles. The van der Waals surface area contributed by atoms with Crippen molar-refractivity contribution in [3.05, 3.63) is 29.8 Å². The summed E-state index contributed by atoms with van der Waals surface area (Å²) < 4.78 is 22.5. The first-order valence-corrected chi connectivity index (χ1v) is 14.5. The Morgan fingerprint density at radius 2 is 1.69 bits per heavy atom. The number of ether oxygens (including phenoxy) is 3. The summed E-state index contributed by atoms with van der Waals surface area (Å²) in [6.07, 6.45) is 3.87. The molecule has 0 aromatic heterocycles. The summed E-state index contributed by atoms with van der Waals surface area (Å²) in [5.41, 5.74) is 12.7. The van der Waals surface area contributed by atoms with Crippen LogP contribution in [0.2, 0.25) is 18.1 Å². The molecule has 1 aromatic carbocycles. The number of carbonyl (C=O) groups is 2. The molecule has 6 N–H and O–H groups in total. The fraction of sp³-hybridized carbons (Fsp3) is 0.583. The van der Waals surface area contributed by atoms with Gasteiger partial charge in [-0.25, -0.2) is 0 Å². The quantitative estimate of drug-likeness (QED) is 0.107. The van der Waals surface area contributed by atoms with Crippen LogP contribution in [0.4, 0.5) is 11.4 Å². The second-order valence-corrected chi connectivity index (χ2v) is 14.3. The number of nitrogens with two attached hydrogens (primary N) is 2. The Hall–Kier alpha value is -2.60. The van der Waals surface area contributed by atoms with Crippen LogP contribution in [0.5, 0.6) is 5.75 Å². The van der Waals surface area contributed by atoms with E-state index in [4.69, 9.17) is 35.2 Å². The minimum absolute atomic E-state index is 0.0463. The lowest BCUT2D eigenvalue weighted by atomic mass is 10.1. The van der Waals surface area contributed by atoms with E-state index in [1.807, 2.05) is 12.2 Å². The van der Waals surface area contributed by atoms with Crippen LogP contribution in [0, 0.1) is 0 Å². The van der Waals surface area contributed by atoms with E-state index >= 15 is 0 Å². The number of carboxylic acid groups (broad SMARTS) is 1. The fourth-order valence-corrected chi connectivity index (χ4v) is 3.51. The monoisotopic (exact) mass is 511 g/mol. The van der Waals surface area contributed by atoms with Crippen molar-refractivity contribution in [2.75, 3.05) is 57.2 Å². The van der Waals surface area contributed by atoms with Gasteiger partial charge in [0.25, 0.3) is 0 Å². The molecule has 0 spiro atoms. The van der Waals surface area contributed by atoms with Gasteiger partial charge in [0.2, 0.25) is 5.91 Å². The van der Waals surface area contributed by atoms with Crippen molar-refractivity contribution in [3.63, 3.8) is 0 Å². The number of primary amides is 1. The number of amides is 1. The Kier molecular flexibility index (Phi) is 12.8. The first-order chi connectivity index (χ1) is 16.3. The summed E-state index contributed by atoms with van der Waals surface area (Å²) in [5, 5.41) is 11.9. The minimum atomic E-state index is -1.80. The maximum absolute atomic E-state index is 11.6. The Morgan fingerprint density at radius 3 is 2.29 bits per heavy atom. The van der Waals surface area contributed by atoms with Gasteiger partial charge in [-0.3, -0.25) is 9.59 Å². The molecule has 0 fully saturated rings. The first-order valence-electron chi connectivity index (χ1n) is 11.6. The van der Waals surface area contributed by atoms with Crippen molar-refractivity contribution in [1.82, 2.24) is 0 Å². The summed E-state index contributed by atoms with van der Waals surface area (Å²) in [5.74, 6) is -1.12. The summed E-state index contributed by atoms with van der Waals surface area (Å²) >= 11 is 0. The van der Waals surface area contributed by atoms with Crippen LogP contribution in [0.25, 0.3) is 0 Å². The van der Waals surface area contributed by atoms with E-state index < -0.39 is 20.2 Å². The second kappa shape index (κ2) is 14.7. The molecule has 0 heterocycles. The number of benzene rings is 1. The molecule has 0 radical (unpaired) electrons. The average Bonchev–Trinajstić information content (AvgIpc) is 2.74. The van der Waals surface area contributed by atoms with Gasteiger partial charge in [0, 0.05) is 12.1 Å². The minimum Gasteiger partial charge on any atom is -0.489 e. The Labute approximate surface area is 209 Å². The molecule has 0 aliphatic carbocycles. The molecule has 0 bridgehead atoms. The molecule has 0 saturated heterocycles. The lowest BCUT2D eigenvalue weighted by molar-refractivity contribution is -0.138. The Bertz CT molecular complexity index is 854. The lowest BCUT2D eigenvalue weighted by Gasteiger charge is -2.35. The normalized spacial score (nSPS) is 12.1. The highest BCUT2D eigenvalue weighted by Crippen LogP contribution is 2.36. The number of rotatable bonds is 17. The summed E-state index contributed by atoms with van der Waals surface area (Å²) in [4.78, 5) is 22.1. The summed E-state index contributed by atoms with van der Waals surface area (Å²) in [7, 11) is -1.80. The molecular weight excluding hydrogens is 470 g/mol. The molecule has 0 unspecified atom stereocenters. The zero-order valence-corrected chi connectivity index (χ0v) is 22.5. The van der Waals surface area contributed by atoms with Crippen molar-refractivity contribution in [2.24, 2.45) is 5.73 Å². The zero-order chi connectivity index (χ0) is 26.5. The SMILES string of the molecule is CC(C)(C)[Si](C)(C)OC/C=C/CNc1c(N)cc(C(N)=O)cc1OCCOCCOCCC(=O)O. The van der Waals surface area contributed by atoms with E-state index in [1.165, 1.54) is 6.07 Å². The van der Waals surface area contributed by atoms with Crippen molar-refractivity contribution in [2.45, 2.75) is 45.3 Å². The first kappa shape index (κ1) is 30.4. The number of nitrogens with one attached hydrogen (secondary N) is 1. The fourth-order valence-electron chi connectivity index (χ4n) is 2.56. The number of carbonyl (C=O) groups excluding carboxylic acids is 1. The molecule has 0 aliphatic rings. The predicted octanol–water partition coefficient (Wildman–Crippen LogP) is 3.24. The van der Waals surface area contributed by atoms with Crippen LogP contribution in [0.1, 0.15) is 37.6 Å². The van der Waals surface area contributed by atoms with Gasteiger partial charge in [-0.05, 0) is 30.3 Å². The van der Waals surface area contributed by atoms with Crippen molar-refractivity contribution >= 4 is 31.6 Å². The average molecular weight is 512 g/mol. The highest BCUT2D eigenvalue weighted by Gasteiger charge is 2.36. The van der Waals surface area contributed by atoms with Crippen LogP contribution in [-0.2, 0) is 18.7 Å². The number of carboxylic acids is 1. The smallest absolute Gasteiger partial charge is 0.305 e. The van der Waals surface area contributed by atoms with Crippen LogP contribution in [-0.4, -0.2) is 71.5 Å². The van der Waals surface area contributed by atoms with E-state index in [0.29, 0.717) is 36.9 Å². The highest BCUT2D eigenvalue weighted by atomic mass is 28.4. The lowest BCUT2D eigenvalue weighted by Crippen LogP contribution is -2.40. The van der Waals surface area contributed by atoms with E-state index in [9.17, 15) is 9.59 Å². The molecule has 198 valence electrons. The molecule has 10 nitrogen and oxygen atoms in total. The van der Waals surface area contributed by atoms with Gasteiger partial charge < -0.3 is 40.5 Å². The number of anilines is 2. The molecule has 35 heavy (non-hydrogen) atoms. The van der Waals surface area contributed by atoms with Gasteiger partial charge in [0.1, 0.15) is 18.0 Å². The van der Waals surface area contributed by atoms with E-state index in [-0.39, 0.29) is 43.5 Å². The summed E-state index contributed by atoms with van der Waals surface area (Å²) in [6.45, 7) is 13.3. The molecule has 11 heteroatoms. The van der Waals surface area contributed by atoms with Crippen molar-refractivity contribution in [1.29, 1.82) is 0 Å². The van der Waals surface area contributed by atoms with Crippen LogP contribution in [0.15, 0.2) is 24.3 Å². The third-order valence-electron chi connectivity index (χ3n) is 5.64. The number of aliphatic carboxylic acids is 1. The molecule has 0 atom stereocenters. The van der Waals surface area contributed by atoms with Gasteiger partial charge in [-0.15, -0.1) is 0 Å². The largest absolute Gasteiger partial charge is 0.489 e. The number of hydrogen-bond donors (Lipinski definition) is 4. The standard InChI is InChI=1S/C24H41N3O7Si/c1-24(2,3)35(4,5)34-10-7-6-9-27-22-19(25)16-18(23(26)30)17-20(22)33-15-14-32-13-12-31-11-8-21(28)29/h6-7,16-17,27H,8-15,25H2,1-5H3,(H2,26,30)(H,28,29)/b7-6+. The Balaban J connectivity index is 2.58. The van der Waals surface area contributed by atoms with Gasteiger partial charge in [0.15, 0.2) is 8.32 Å². The maximum atomic E-state index is 11.6. The predicted molar refractivity (Wildman–Crippen MR) is 140 cm³/mol. The van der Waals surface area contributed by atoms with Crippen molar-refractivity contribution < 1.29 is 33.3 Å². The zero-order valence-electron chi connectivity index (χ0n) is 21.5. The topological polar surface area (TPSA) is 155 Å². The van der Waals surface area contributed by atoms with Crippen molar-refractivity contribution in [3.8, 4) is 5.75 Å². The van der Waals surface area contributed by atoms with E-state index in [0.717, 1.165) is 0 Å². The van der Waals surface area contributed by atoms with Crippen LogP contribution < -0.4 is 21.5 Å². The number of nitrogen functional groups attached to an aromatic ring is 1. The Morgan fingerprint density at radius 1 is 1.06 bits per heavy atom. The molecule has 0 saturated carbocycles. The van der Waals surface area contributed by atoms with E-state index in [1.54, 1.807) is 6.07 Å². The van der Waals surface area contributed by atoms with Gasteiger partial charge in [-0.2, -0.15) is 0 Å². The molecular formula is C24H41N3O7Si. The molecule has 1 rings (SSSR count). The summed E-state index contributed by atoms with van der Waals surface area (Å²) in [6, 6.07) is 3.05. The van der Waals surface area contributed by atoms with E-state index in [2.05, 4.69) is 39.2 Å². The maximum Gasteiger partial charge on any atom is 0.305 e. The van der Waals surface area contributed by atoms with Crippen LogP contribution >= 0.6 is 0 Å².